The summed E-state index contributed by atoms with van der Waals surface area (Å²) in [5.41, 5.74) is 1.13. The van der Waals surface area contributed by atoms with Gasteiger partial charge in [0.15, 0.2) is 0 Å². The maximum atomic E-state index is 8.06. The van der Waals surface area contributed by atoms with Crippen molar-refractivity contribution in [2.75, 3.05) is 11.4 Å². The third-order valence-electron chi connectivity index (χ3n) is 3.32. The van der Waals surface area contributed by atoms with Crippen molar-refractivity contribution in [3.8, 4) is 0 Å². The van der Waals surface area contributed by atoms with Crippen molar-refractivity contribution < 1.29 is 0 Å². The zero-order valence-electron chi connectivity index (χ0n) is 9.69. The Morgan fingerprint density at radius 2 is 2.12 bits per heavy atom. The van der Waals surface area contributed by atoms with Gasteiger partial charge >= 0.3 is 0 Å². The summed E-state index contributed by atoms with van der Waals surface area (Å²) in [6.45, 7) is 0.951. The minimum absolute atomic E-state index is 0.729. The third kappa shape index (κ3) is 1.78. The molecule has 1 aliphatic rings. The van der Waals surface area contributed by atoms with E-state index in [0.29, 0.717) is 0 Å². The molecule has 17 heavy (non-hydrogen) atoms. The first-order valence-corrected chi connectivity index (χ1v) is 6.04. The summed E-state index contributed by atoms with van der Waals surface area (Å²) < 4.78 is 0. The molecule has 0 atom stereocenters. The largest absolute Gasteiger partial charge is 0.330 e. The second-order valence-electron chi connectivity index (χ2n) is 4.43. The summed E-state index contributed by atoms with van der Waals surface area (Å²) in [4.78, 5) is 6.31. The van der Waals surface area contributed by atoms with Gasteiger partial charge < -0.3 is 4.90 Å². The summed E-state index contributed by atoms with van der Waals surface area (Å²) >= 11 is 0. The van der Waals surface area contributed by atoms with Crippen molar-refractivity contribution in [2.24, 2.45) is 0 Å². The number of nitrogens with zero attached hydrogens (tertiary/aromatic N) is 2. The monoisotopic (exact) mass is 225 g/mol. The maximum Gasteiger partial charge on any atom is 0.100 e. The highest BCUT2D eigenvalue weighted by Crippen LogP contribution is 2.28. The van der Waals surface area contributed by atoms with E-state index in [-0.39, 0.29) is 0 Å². The number of hydrogen-bond donors (Lipinski definition) is 1. The van der Waals surface area contributed by atoms with Crippen molar-refractivity contribution in [3.05, 3.63) is 36.7 Å². The molecular formula is C14H15N3. The Kier molecular flexibility index (Phi) is 2.52. The lowest BCUT2D eigenvalue weighted by atomic mass is 10.1. The van der Waals surface area contributed by atoms with E-state index in [1.807, 2.05) is 18.5 Å². The summed E-state index contributed by atoms with van der Waals surface area (Å²) in [6.07, 6.45) is 6.90. The Bertz CT molecular complexity index is 557. The summed E-state index contributed by atoms with van der Waals surface area (Å²) in [5.74, 6) is 0.729. The summed E-state index contributed by atoms with van der Waals surface area (Å²) in [5, 5.41) is 10.4. The highest BCUT2D eigenvalue weighted by Gasteiger charge is 2.18. The van der Waals surface area contributed by atoms with Gasteiger partial charge in [-0.15, -0.1) is 0 Å². The van der Waals surface area contributed by atoms with E-state index in [9.17, 15) is 0 Å². The molecule has 3 heteroatoms. The number of anilines is 1. The van der Waals surface area contributed by atoms with Gasteiger partial charge in [0.2, 0.25) is 0 Å². The minimum atomic E-state index is 0.729. The number of hydrogen-bond acceptors (Lipinski definition) is 2. The smallest absolute Gasteiger partial charge is 0.100 e. The number of fused-ring (bicyclic) bond motifs is 1. The molecule has 1 fully saturated rings. The maximum absolute atomic E-state index is 8.06. The molecule has 86 valence electrons. The van der Waals surface area contributed by atoms with E-state index in [0.717, 1.165) is 36.3 Å². The van der Waals surface area contributed by atoms with Gasteiger partial charge in [0.05, 0.1) is 5.69 Å². The fourth-order valence-corrected chi connectivity index (χ4v) is 2.43. The van der Waals surface area contributed by atoms with Crippen LogP contribution in [0.25, 0.3) is 10.8 Å². The van der Waals surface area contributed by atoms with Gasteiger partial charge in [-0.1, -0.05) is 12.1 Å². The van der Waals surface area contributed by atoms with Crippen molar-refractivity contribution in [1.29, 1.82) is 5.41 Å². The fourth-order valence-electron chi connectivity index (χ4n) is 2.43. The Balaban J connectivity index is 2.13. The molecule has 1 aromatic carbocycles. The SMILES string of the molecule is N=C1CCCCN1c1cccc2ccncc12. The topological polar surface area (TPSA) is 40.0 Å². The van der Waals surface area contributed by atoms with E-state index in [2.05, 4.69) is 28.1 Å². The Hall–Kier alpha value is -1.90. The van der Waals surface area contributed by atoms with Gasteiger partial charge in [-0.25, -0.2) is 0 Å². The van der Waals surface area contributed by atoms with Crippen LogP contribution in [0.1, 0.15) is 19.3 Å². The number of aromatic nitrogens is 1. The van der Waals surface area contributed by atoms with Gasteiger partial charge in [0.25, 0.3) is 0 Å². The van der Waals surface area contributed by atoms with Crippen LogP contribution in [0.2, 0.25) is 0 Å². The van der Waals surface area contributed by atoms with Crippen molar-refractivity contribution in [1.82, 2.24) is 4.98 Å². The molecule has 0 bridgehead atoms. The molecule has 0 unspecified atom stereocenters. The van der Waals surface area contributed by atoms with Crippen LogP contribution in [0.3, 0.4) is 0 Å². The lowest BCUT2D eigenvalue weighted by molar-refractivity contribution is 0.708. The van der Waals surface area contributed by atoms with Crippen molar-refractivity contribution >= 4 is 22.3 Å². The Labute approximate surface area is 101 Å². The molecule has 1 aliphatic heterocycles. The van der Waals surface area contributed by atoms with E-state index in [1.54, 1.807) is 0 Å². The van der Waals surface area contributed by atoms with E-state index >= 15 is 0 Å². The minimum Gasteiger partial charge on any atom is -0.330 e. The number of benzene rings is 1. The van der Waals surface area contributed by atoms with Crippen LogP contribution in [-0.2, 0) is 0 Å². The molecule has 0 radical (unpaired) electrons. The third-order valence-corrected chi connectivity index (χ3v) is 3.32. The number of amidine groups is 1. The first-order valence-electron chi connectivity index (χ1n) is 6.04. The molecule has 0 aliphatic carbocycles. The average molecular weight is 225 g/mol. The molecule has 1 N–H and O–H groups in total. The van der Waals surface area contributed by atoms with Gasteiger partial charge in [-0.3, -0.25) is 10.4 Å². The van der Waals surface area contributed by atoms with Gasteiger partial charge in [-0.05, 0) is 30.4 Å². The molecule has 2 aromatic rings. The molecule has 1 aromatic heterocycles. The van der Waals surface area contributed by atoms with Crippen LogP contribution < -0.4 is 4.90 Å². The van der Waals surface area contributed by atoms with Gasteiger partial charge in [0.1, 0.15) is 5.84 Å². The molecule has 2 heterocycles. The van der Waals surface area contributed by atoms with Crippen LogP contribution in [-0.4, -0.2) is 17.4 Å². The lowest BCUT2D eigenvalue weighted by Gasteiger charge is -2.30. The zero-order valence-corrected chi connectivity index (χ0v) is 9.69. The molecule has 0 amide bonds. The van der Waals surface area contributed by atoms with Crippen LogP contribution in [0, 0.1) is 5.41 Å². The first kappa shape index (κ1) is 10.3. The molecule has 0 spiro atoms. The normalized spacial score (nSPS) is 16.5. The van der Waals surface area contributed by atoms with Gasteiger partial charge in [-0.2, -0.15) is 0 Å². The number of rotatable bonds is 1. The summed E-state index contributed by atoms with van der Waals surface area (Å²) in [6, 6.07) is 8.25. The van der Waals surface area contributed by atoms with Crippen molar-refractivity contribution in [2.45, 2.75) is 19.3 Å². The highest BCUT2D eigenvalue weighted by atomic mass is 15.2. The van der Waals surface area contributed by atoms with E-state index in [1.165, 1.54) is 11.8 Å². The second kappa shape index (κ2) is 4.17. The molecule has 0 saturated carbocycles. The Morgan fingerprint density at radius 3 is 3.00 bits per heavy atom. The molecular weight excluding hydrogens is 210 g/mol. The predicted molar refractivity (Wildman–Crippen MR) is 70.7 cm³/mol. The van der Waals surface area contributed by atoms with Gasteiger partial charge in [0, 0.05) is 30.7 Å². The van der Waals surface area contributed by atoms with E-state index in [4.69, 9.17) is 5.41 Å². The van der Waals surface area contributed by atoms with Crippen LogP contribution >= 0.6 is 0 Å². The standard InChI is InChI=1S/C14H15N3/c15-14-6-1-2-9-17(14)13-5-3-4-11-7-8-16-10-12(11)13/h3-5,7-8,10,15H,1-2,6,9H2. The van der Waals surface area contributed by atoms with Crippen molar-refractivity contribution in [3.63, 3.8) is 0 Å². The molecule has 3 rings (SSSR count). The predicted octanol–water partition coefficient (Wildman–Crippen LogP) is 3.20. The van der Waals surface area contributed by atoms with Crippen LogP contribution in [0.4, 0.5) is 5.69 Å². The van der Waals surface area contributed by atoms with Crippen LogP contribution in [0.5, 0.6) is 0 Å². The Morgan fingerprint density at radius 1 is 1.18 bits per heavy atom. The molecule has 1 saturated heterocycles. The summed E-state index contributed by atoms with van der Waals surface area (Å²) in [7, 11) is 0. The highest BCUT2D eigenvalue weighted by molar-refractivity contribution is 6.04. The lowest BCUT2D eigenvalue weighted by Crippen LogP contribution is -2.34. The van der Waals surface area contributed by atoms with Crippen LogP contribution in [0.15, 0.2) is 36.7 Å². The second-order valence-corrected chi connectivity index (χ2v) is 4.43. The number of pyridine rings is 1. The average Bonchev–Trinajstić information content (AvgIpc) is 2.39. The molecule has 3 nitrogen and oxygen atoms in total. The first-order chi connectivity index (χ1) is 8.36. The fraction of sp³-hybridized carbons (Fsp3) is 0.286. The number of nitrogens with one attached hydrogen (secondary N) is 1. The zero-order chi connectivity index (χ0) is 11.7. The number of piperidine rings is 1. The van der Waals surface area contributed by atoms with E-state index < -0.39 is 0 Å². The quantitative estimate of drug-likeness (QED) is 0.809.